The molecule has 0 spiro atoms. The number of carbonyl (C=O) groups is 1. The standard InChI is InChI=1S/C3H5O5P/c4-2-8-9(7)1-3(5)6/h4H,1-2H2/p+1. The van der Waals surface area contributed by atoms with Gasteiger partial charge in [0.15, 0.2) is 6.79 Å². The molecule has 0 radical (unpaired) electrons. The van der Waals surface area contributed by atoms with Crippen molar-refractivity contribution in [3.8, 4) is 0 Å². The SMILES string of the molecule is O=C(O)C[P+](=O)OCO. The van der Waals surface area contributed by atoms with Gasteiger partial charge in [0.2, 0.25) is 0 Å². The molecule has 0 bridgehead atoms. The molecular weight excluding hydrogens is 147 g/mol. The third-order valence-corrected chi connectivity index (χ3v) is 1.40. The lowest BCUT2D eigenvalue weighted by molar-refractivity contribution is -0.134. The Morgan fingerprint density at radius 1 is 1.67 bits per heavy atom. The van der Waals surface area contributed by atoms with Gasteiger partial charge in [0.25, 0.3) is 6.16 Å². The number of aliphatic hydroxyl groups is 1. The molecule has 0 rings (SSSR count). The van der Waals surface area contributed by atoms with E-state index < -0.39 is 27.0 Å². The van der Waals surface area contributed by atoms with E-state index in [9.17, 15) is 9.36 Å². The van der Waals surface area contributed by atoms with Crippen molar-refractivity contribution in [2.24, 2.45) is 0 Å². The summed E-state index contributed by atoms with van der Waals surface area (Å²) in [4.78, 5) is 9.74. The van der Waals surface area contributed by atoms with Crippen LogP contribution in [0.4, 0.5) is 0 Å². The van der Waals surface area contributed by atoms with E-state index in [2.05, 4.69) is 4.52 Å². The first-order valence-corrected chi connectivity index (χ1v) is 3.43. The largest absolute Gasteiger partial charge is 0.522 e. The Bertz CT molecular complexity index is 121. The molecule has 0 saturated carbocycles. The van der Waals surface area contributed by atoms with Crippen molar-refractivity contribution in [3.63, 3.8) is 0 Å². The number of carboxylic acids is 1. The Kier molecular flexibility index (Phi) is 4.13. The highest BCUT2D eigenvalue weighted by molar-refractivity contribution is 7.40. The summed E-state index contributed by atoms with van der Waals surface area (Å²) in [6.07, 6.45) is -0.560. The number of hydrogen-bond donors (Lipinski definition) is 2. The number of aliphatic hydroxyl groups excluding tert-OH is 1. The number of hydrogen-bond acceptors (Lipinski definition) is 4. The van der Waals surface area contributed by atoms with Crippen molar-refractivity contribution in [2.45, 2.75) is 0 Å². The second-order valence-corrected chi connectivity index (χ2v) is 2.38. The van der Waals surface area contributed by atoms with E-state index >= 15 is 0 Å². The summed E-state index contributed by atoms with van der Waals surface area (Å²) in [5.41, 5.74) is 0. The van der Waals surface area contributed by atoms with Gasteiger partial charge in [-0.25, -0.2) is 4.79 Å². The van der Waals surface area contributed by atoms with Gasteiger partial charge >= 0.3 is 14.0 Å². The minimum Gasteiger partial charge on any atom is -0.478 e. The predicted molar refractivity (Wildman–Crippen MR) is 28.3 cm³/mol. The van der Waals surface area contributed by atoms with Crippen LogP contribution in [-0.2, 0) is 13.9 Å². The predicted octanol–water partition coefficient (Wildman–Crippen LogP) is -0.220. The maximum atomic E-state index is 10.2. The Hall–Kier alpha value is -0.510. The molecule has 1 atom stereocenters. The van der Waals surface area contributed by atoms with Gasteiger partial charge in [-0.05, 0) is 4.57 Å². The van der Waals surface area contributed by atoms with Crippen LogP contribution in [-0.4, -0.2) is 29.1 Å². The highest BCUT2D eigenvalue weighted by Gasteiger charge is 2.21. The smallest absolute Gasteiger partial charge is 0.478 e. The Labute approximate surface area is 52.1 Å². The maximum absolute atomic E-state index is 10.2. The van der Waals surface area contributed by atoms with E-state index in [0.717, 1.165) is 0 Å². The van der Waals surface area contributed by atoms with Gasteiger partial charge in [-0.3, -0.25) is 0 Å². The quantitative estimate of drug-likeness (QED) is 0.430. The molecule has 6 heteroatoms. The molecule has 2 N–H and O–H groups in total. The molecular formula is C3H6O5P+. The first kappa shape index (κ1) is 8.49. The maximum Gasteiger partial charge on any atom is 0.522 e. The van der Waals surface area contributed by atoms with E-state index in [1.54, 1.807) is 0 Å². The van der Waals surface area contributed by atoms with Crippen LogP contribution in [0.2, 0.25) is 0 Å². The van der Waals surface area contributed by atoms with Crippen LogP contribution < -0.4 is 0 Å². The van der Waals surface area contributed by atoms with Gasteiger partial charge in [-0.2, -0.15) is 0 Å². The van der Waals surface area contributed by atoms with Crippen molar-refractivity contribution in [3.05, 3.63) is 0 Å². The van der Waals surface area contributed by atoms with Gasteiger partial charge in [-0.1, -0.05) is 0 Å². The van der Waals surface area contributed by atoms with Crippen LogP contribution in [0.1, 0.15) is 0 Å². The summed E-state index contributed by atoms with van der Waals surface area (Å²) in [5.74, 6) is -1.20. The molecule has 0 aliphatic rings. The summed E-state index contributed by atoms with van der Waals surface area (Å²) in [6, 6.07) is 0. The van der Waals surface area contributed by atoms with Gasteiger partial charge in [0.1, 0.15) is 0 Å². The van der Waals surface area contributed by atoms with E-state index in [1.807, 2.05) is 0 Å². The molecule has 5 nitrogen and oxygen atoms in total. The molecule has 52 valence electrons. The lowest BCUT2D eigenvalue weighted by Crippen LogP contribution is -1.99. The molecule has 9 heavy (non-hydrogen) atoms. The fourth-order valence-corrected chi connectivity index (χ4v) is 0.661. The topological polar surface area (TPSA) is 83.8 Å². The molecule has 0 heterocycles. The molecule has 0 fully saturated rings. The normalized spacial score (nSPS) is 11.0. The average Bonchev–Trinajstić information content (AvgIpc) is 1.63. The van der Waals surface area contributed by atoms with E-state index in [-0.39, 0.29) is 0 Å². The molecule has 1 unspecified atom stereocenters. The number of carboxylic acid groups (broad SMARTS) is 1. The minimum absolute atomic E-state index is 0.560. The van der Waals surface area contributed by atoms with Crippen molar-refractivity contribution in [1.29, 1.82) is 0 Å². The lowest BCUT2D eigenvalue weighted by Gasteiger charge is -1.79. The van der Waals surface area contributed by atoms with E-state index in [1.165, 1.54) is 0 Å². The second-order valence-electron chi connectivity index (χ2n) is 1.14. The first-order chi connectivity index (χ1) is 4.16. The first-order valence-electron chi connectivity index (χ1n) is 2.07. The van der Waals surface area contributed by atoms with E-state index in [0.29, 0.717) is 0 Å². The van der Waals surface area contributed by atoms with Gasteiger partial charge in [0, 0.05) is 0 Å². The zero-order valence-electron chi connectivity index (χ0n) is 4.48. The van der Waals surface area contributed by atoms with E-state index in [4.69, 9.17) is 10.2 Å². The van der Waals surface area contributed by atoms with Crippen LogP contribution in [0.25, 0.3) is 0 Å². The van der Waals surface area contributed by atoms with Crippen molar-refractivity contribution in [2.75, 3.05) is 13.0 Å². The monoisotopic (exact) mass is 153 g/mol. The summed E-state index contributed by atoms with van der Waals surface area (Å²) >= 11 is 0. The van der Waals surface area contributed by atoms with Gasteiger partial charge in [-0.15, -0.1) is 4.52 Å². The average molecular weight is 153 g/mol. The molecule has 0 aromatic carbocycles. The Morgan fingerprint density at radius 2 is 2.22 bits per heavy atom. The lowest BCUT2D eigenvalue weighted by atomic mass is 10.8. The number of aliphatic carboxylic acids is 1. The minimum atomic E-state index is -2.22. The molecule has 0 aliphatic carbocycles. The molecule has 0 aromatic rings. The zero-order chi connectivity index (χ0) is 7.28. The van der Waals surface area contributed by atoms with Crippen LogP contribution in [0.5, 0.6) is 0 Å². The molecule has 0 aromatic heterocycles. The third-order valence-electron chi connectivity index (χ3n) is 0.466. The van der Waals surface area contributed by atoms with Crippen LogP contribution in [0, 0.1) is 0 Å². The fourth-order valence-electron chi connectivity index (χ4n) is 0.220. The molecule has 0 aliphatic heterocycles. The Morgan fingerprint density at radius 3 is 2.56 bits per heavy atom. The highest BCUT2D eigenvalue weighted by Crippen LogP contribution is 2.19. The highest BCUT2D eigenvalue weighted by atomic mass is 31.1. The Balaban J connectivity index is 3.39. The van der Waals surface area contributed by atoms with Gasteiger partial charge in [0.05, 0.1) is 0 Å². The summed E-state index contributed by atoms with van der Waals surface area (Å²) in [5, 5.41) is 15.9. The third kappa shape index (κ3) is 5.36. The van der Waals surface area contributed by atoms with Crippen LogP contribution in [0.3, 0.4) is 0 Å². The van der Waals surface area contributed by atoms with Crippen LogP contribution in [0.15, 0.2) is 0 Å². The van der Waals surface area contributed by atoms with Crippen molar-refractivity contribution in [1.82, 2.24) is 0 Å². The molecule has 0 amide bonds. The summed E-state index contributed by atoms with van der Waals surface area (Å²) < 4.78 is 14.3. The number of rotatable bonds is 4. The second kappa shape index (κ2) is 4.38. The molecule has 0 saturated heterocycles. The fraction of sp³-hybridized carbons (Fsp3) is 0.667. The zero-order valence-corrected chi connectivity index (χ0v) is 5.38. The van der Waals surface area contributed by atoms with Crippen molar-refractivity contribution >= 4 is 14.0 Å². The van der Waals surface area contributed by atoms with Crippen LogP contribution >= 0.6 is 8.03 Å². The van der Waals surface area contributed by atoms with Crippen molar-refractivity contribution < 1.29 is 24.1 Å². The summed E-state index contributed by atoms with van der Waals surface area (Å²) in [6.45, 7) is -0.706. The van der Waals surface area contributed by atoms with Gasteiger partial charge < -0.3 is 10.2 Å². The summed E-state index contributed by atoms with van der Waals surface area (Å²) in [7, 11) is -2.22.